The Labute approximate surface area is 180 Å². The molecule has 0 unspecified atom stereocenters. The van der Waals surface area contributed by atoms with Crippen LogP contribution in [0.1, 0.15) is 17.7 Å². The van der Waals surface area contributed by atoms with Gasteiger partial charge in [-0.2, -0.15) is 4.31 Å². The fourth-order valence-corrected chi connectivity index (χ4v) is 4.82. The van der Waals surface area contributed by atoms with Crippen molar-refractivity contribution in [2.45, 2.75) is 31.0 Å². The molecule has 0 radical (unpaired) electrons. The number of furan rings is 1. The van der Waals surface area contributed by atoms with Crippen molar-refractivity contribution in [1.82, 2.24) is 14.9 Å². The van der Waals surface area contributed by atoms with E-state index in [-0.39, 0.29) is 24.5 Å². The number of carbonyl (C=O) groups excluding carboxylic acids is 2. The molecule has 168 valence electrons. The summed E-state index contributed by atoms with van der Waals surface area (Å²) >= 11 is 0. The number of methoxy groups -OCH3 is 1. The van der Waals surface area contributed by atoms with Gasteiger partial charge in [-0.15, -0.1) is 0 Å². The van der Waals surface area contributed by atoms with E-state index in [0.717, 1.165) is 0 Å². The summed E-state index contributed by atoms with van der Waals surface area (Å²) in [5.41, 5.74) is 0.680. The lowest BCUT2D eigenvalue weighted by molar-refractivity contribution is -0.140. The summed E-state index contributed by atoms with van der Waals surface area (Å²) in [5.74, 6) is -0.659. The van der Waals surface area contributed by atoms with Gasteiger partial charge in [0.25, 0.3) is 0 Å². The Hall–Kier alpha value is -2.89. The molecule has 3 rings (SSSR count). The third-order valence-electron chi connectivity index (χ3n) is 4.77. The number of benzene rings is 1. The van der Waals surface area contributed by atoms with Crippen LogP contribution < -0.4 is 15.4 Å². The fraction of sp³-hybridized carbons (Fsp3) is 0.400. The number of hydrogen-bond donors (Lipinski definition) is 2. The number of ether oxygens (including phenoxy) is 2. The number of aryl methyl sites for hydroxylation is 1. The average Bonchev–Trinajstić information content (AvgIpc) is 3.29. The molecule has 11 heteroatoms. The maximum Gasteiger partial charge on any atom is 0.309 e. The predicted molar refractivity (Wildman–Crippen MR) is 110 cm³/mol. The van der Waals surface area contributed by atoms with E-state index in [4.69, 9.17) is 13.9 Å². The largest absolute Gasteiger partial charge is 0.496 e. The first-order valence-corrected chi connectivity index (χ1v) is 11.1. The number of hydrogen-bond acceptors (Lipinski definition) is 7. The molecule has 0 saturated carbocycles. The standard InChI is InChI=1S/C20H25N3O7S/c1-14-11-16(6-7-17(14)28-2)31(26,27)23-8-4-10-30-18(23)13-22-20(25)19(24)21-12-15-5-3-9-29-15/h3,5-7,9,11,18H,4,8,10,12-13H2,1-2H3,(H,21,24)(H,22,25)/t18-/m0/s1. The zero-order valence-corrected chi connectivity index (χ0v) is 18.1. The molecule has 2 aromatic rings. The van der Waals surface area contributed by atoms with E-state index in [1.165, 1.54) is 29.8 Å². The van der Waals surface area contributed by atoms with Crippen LogP contribution in [0, 0.1) is 6.92 Å². The van der Waals surface area contributed by atoms with Crippen molar-refractivity contribution in [3.8, 4) is 5.75 Å². The molecular formula is C20H25N3O7S. The molecule has 2 N–H and O–H groups in total. The van der Waals surface area contributed by atoms with E-state index in [0.29, 0.717) is 30.1 Å². The van der Waals surface area contributed by atoms with Crippen LogP contribution in [-0.4, -0.2) is 57.6 Å². The van der Waals surface area contributed by atoms with Crippen LogP contribution in [-0.2, 0) is 30.9 Å². The molecule has 2 amide bonds. The minimum Gasteiger partial charge on any atom is -0.496 e. The summed E-state index contributed by atoms with van der Waals surface area (Å²) in [5, 5.41) is 4.86. The molecule has 0 aliphatic carbocycles. The SMILES string of the molecule is COc1ccc(S(=O)(=O)N2CCCO[C@H]2CNC(=O)C(=O)NCc2ccco2)cc1C. The van der Waals surface area contributed by atoms with Crippen molar-refractivity contribution < 1.29 is 31.9 Å². The molecule has 10 nitrogen and oxygen atoms in total. The number of nitrogens with zero attached hydrogens (tertiary/aromatic N) is 1. The Kier molecular flexibility index (Phi) is 7.31. The van der Waals surface area contributed by atoms with Gasteiger partial charge in [0.2, 0.25) is 10.0 Å². The maximum absolute atomic E-state index is 13.2. The summed E-state index contributed by atoms with van der Waals surface area (Å²) < 4.78 is 43.4. The van der Waals surface area contributed by atoms with Crippen molar-refractivity contribution in [3.63, 3.8) is 0 Å². The van der Waals surface area contributed by atoms with E-state index >= 15 is 0 Å². The van der Waals surface area contributed by atoms with E-state index in [1.807, 2.05) is 0 Å². The van der Waals surface area contributed by atoms with Gasteiger partial charge < -0.3 is 24.5 Å². The third kappa shape index (κ3) is 5.43. The zero-order valence-electron chi connectivity index (χ0n) is 17.3. The summed E-state index contributed by atoms with van der Waals surface area (Å²) in [6.07, 6.45) is 1.05. The second kappa shape index (κ2) is 9.94. The van der Waals surface area contributed by atoms with Gasteiger partial charge in [-0.1, -0.05) is 0 Å². The molecule has 2 heterocycles. The van der Waals surface area contributed by atoms with Gasteiger partial charge in [0, 0.05) is 6.54 Å². The molecular weight excluding hydrogens is 426 g/mol. The second-order valence-electron chi connectivity index (χ2n) is 6.90. The Bertz CT molecular complexity index is 1020. The van der Waals surface area contributed by atoms with Crippen LogP contribution >= 0.6 is 0 Å². The fourth-order valence-electron chi connectivity index (χ4n) is 3.17. The van der Waals surface area contributed by atoms with Crippen molar-refractivity contribution in [1.29, 1.82) is 0 Å². The van der Waals surface area contributed by atoms with E-state index in [2.05, 4.69) is 10.6 Å². The van der Waals surface area contributed by atoms with Crippen LogP contribution in [0.25, 0.3) is 0 Å². The first-order chi connectivity index (χ1) is 14.8. The minimum atomic E-state index is -3.88. The van der Waals surface area contributed by atoms with Crippen LogP contribution in [0.4, 0.5) is 0 Å². The topological polar surface area (TPSA) is 127 Å². The van der Waals surface area contributed by atoms with Crippen molar-refractivity contribution in [3.05, 3.63) is 47.9 Å². The van der Waals surface area contributed by atoms with E-state index in [1.54, 1.807) is 25.1 Å². The highest BCUT2D eigenvalue weighted by Crippen LogP contribution is 2.26. The van der Waals surface area contributed by atoms with E-state index in [9.17, 15) is 18.0 Å². The van der Waals surface area contributed by atoms with Gasteiger partial charge in [-0.3, -0.25) is 9.59 Å². The van der Waals surface area contributed by atoms with E-state index < -0.39 is 28.1 Å². The molecule has 0 bridgehead atoms. The highest BCUT2D eigenvalue weighted by Gasteiger charge is 2.35. The predicted octanol–water partition coefficient (Wildman–Crippen LogP) is 0.766. The summed E-state index contributed by atoms with van der Waals surface area (Å²) in [4.78, 5) is 24.2. The third-order valence-corrected chi connectivity index (χ3v) is 6.66. The maximum atomic E-state index is 13.2. The van der Waals surface area contributed by atoms with Gasteiger partial charge in [-0.05, 0) is 49.2 Å². The number of nitrogens with one attached hydrogen (secondary N) is 2. The number of rotatable bonds is 7. The van der Waals surface area contributed by atoms with Gasteiger partial charge in [0.1, 0.15) is 17.7 Å². The number of sulfonamides is 1. The lowest BCUT2D eigenvalue weighted by atomic mass is 10.2. The second-order valence-corrected chi connectivity index (χ2v) is 8.79. The summed E-state index contributed by atoms with van der Waals surface area (Å²) in [7, 11) is -2.37. The van der Waals surface area contributed by atoms with Gasteiger partial charge in [0.15, 0.2) is 0 Å². The number of amides is 2. The van der Waals surface area contributed by atoms with Crippen molar-refractivity contribution in [2.75, 3.05) is 26.8 Å². The molecule has 1 fully saturated rings. The van der Waals surface area contributed by atoms with Crippen molar-refractivity contribution in [2.24, 2.45) is 0 Å². The summed E-state index contributed by atoms with van der Waals surface area (Å²) in [6, 6.07) is 7.92. The molecule has 0 spiro atoms. The Morgan fingerprint density at radius 2 is 2.00 bits per heavy atom. The quantitative estimate of drug-likeness (QED) is 0.595. The smallest absolute Gasteiger partial charge is 0.309 e. The van der Waals surface area contributed by atoms with Crippen LogP contribution in [0.3, 0.4) is 0 Å². The highest BCUT2D eigenvalue weighted by atomic mass is 32.2. The van der Waals surface area contributed by atoms with Gasteiger partial charge in [0.05, 0.1) is 38.0 Å². The lowest BCUT2D eigenvalue weighted by Crippen LogP contribution is -2.53. The first kappa shape index (κ1) is 22.8. The average molecular weight is 452 g/mol. The molecule has 1 atom stereocenters. The lowest BCUT2D eigenvalue weighted by Gasteiger charge is -2.34. The Balaban J connectivity index is 1.64. The van der Waals surface area contributed by atoms with Gasteiger partial charge >= 0.3 is 11.8 Å². The van der Waals surface area contributed by atoms with Crippen LogP contribution in [0.15, 0.2) is 45.9 Å². The molecule has 1 aliphatic heterocycles. The molecule has 1 aromatic heterocycles. The molecule has 1 aromatic carbocycles. The summed E-state index contributed by atoms with van der Waals surface area (Å²) in [6.45, 7) is 2.24. The molecule has 1 saturated heterocycles. The molecule has 31 heavy (non-hydrogen) atoms. The molecule has 1 aliphatic rings. The minimum absolute atomic E-state index is 0.0660. The monoisotopic (exact) mass is 451 g/mol. The Morgan fingerprint density at radius 1 is 1.23 bits per heavy atom. The van der Waals surface area contributed by atoms with Crippen LogP contribution in [0.2, 0.25) is 0 Å². The zero-order chi connectivity index (χ0) is 22.4. The first-order valence-electron chi connectivity index (χ1n) is 9.69. The van der Waals surface area contributed by atoms with Crippen LogP contribution in [0.5, 0.6) is 5.75 Å². The van der Waals surface area contributed by atoms with Gasteiger partial charge in [-0.25, -0.2) is 8.42 Å². The highest BCUT2D eigenvalue weighted by molar-refractivity contribution is 7.89. The number of carbonyl (C=O) groups is 2. The van der Waals surface area contributed by atoms with Crippen molar-refractivity contribution >= 4 is 21.8 Å². The Morgan fingerprint density at radius 3 is 2.68 bits per heavy atom. The normalized spacial score (nSPS) is 17.2.